The highest BCUT2D eigenvalue weighted by Crippen LogP contribution is 2.31. The number of rotatable bonds is 5. The molecule has 1 aromatic carbocycles. The first-order chi connectivity index (χ1) is 10.8. The van der Waals surface area contributed by atoms with E-state index >= 15 is 0 Å². The van der Waals surface area contributed by atoms with Crippen LogP contribution in [0, 0.1) is 11.6 Å². The second-order valence-electron chi connectivity index (χ2n) is 4.41. The summed E-state index contributed by atoms with van der Waals surface area (Å²) in [4.78, 5) is 4.95. The summed E-state index contributed by atoms with van der Waals surface area (Å²) in [5, 5.41) is -0.653. The fraction of sp³-hybridized carbons (Fsp3) is 0.214. The van der Waals surface area contributed by atoms with Crippen LogP contribution in [-0.2, 0) is 0 Å². The minimum atomic E-state index is -3.30. The average molecular weight is 389 g/mol. The van der Waals surface area contributed by atoms with E-state index in [1.54, 1.807) is 0 Å². The normalized spacial score (nSPS) is 11.8. The summed E-state index contributed by atoms with van der Waals surface area (Å²) in [6.45, 7) is 0. The second-order valence-corrected chi connectivity index (χ2v) is 4.79. The SMILES string of the molecule is CN(c1ccc(OC(F)C(F)F)nc1)c1ccc(F)c(Cl)c1F.Cl. The van der Waals surface area contributed by atoms with Crippen molar-refractivity contribution in [2.75, 3.05) is 11.9 Å². The summed E-state index contributed by atoms with van der Waals surface area (Å²) in [6, 6.07) is 4.66. The van der Waals surface area contributed by atoms with Crippen LogP contribution < -0.4 is 9.64 Å². The third-order valence-electron chi connectivity index (χ3n) is 2.92. The summed E-state index contributed by atoms with van der Waals surface area (Å²) < 4.78 is 68.2. The zero-order chi connectivity index (χ0) is 17.1. The lowest BCUT2D eigenvalue weighted by atomic mass is 10.2. The van der Waals surface area contributed by atoms with Gasteiger partial charge in [0.2, 0.25) is 5.88 Å². The van der Waals surface area contributed by atoms with Crippen LogP contribution in [-0.4, -0.2) is 24.8 Å². The van der Waals surface area contributed by atoms with Gasteiger partial charge in [-0.1, -0.05) is 11.6 Å². The summed E-state index contributed by atoms with van der Waals surface area (Å²) in [6.07, 6.45) is -4.93. The lowest BCUT2D eigenvalue weighted by Crippen LogP contribution is -2.20. The monoisotopic (exact) mass is 388 g/mol. The predicted molar refractivity (Wildman–Crippen MR) is 82.4 cm³/mol. The minimum Gasteiger partial charge on any atom is -0.437 e. The molecule has 0 bridgehead atoms. The Morgan fingerprint density at radius 1 is 1.12 bits per heavy atom. The Labute approximate surface area is 145 Å². The Balaban J connectivity index is 0.00000288. The lowest BCUT2D eigenvalue weighted by molar-refractivity contribution is -0.0690. The third-order valence-corrected chi connectivity index (χ3v) is 3.26. The molecule has 0 saturated heterocycles. The van der Waals surface area contributed by atoms with Crippen LogP contribution in [0.4, 0.5) is 33.3 Å². The van der Waals surface area contributed by atoms with E-state index in [0.717, 1.165) is 18.3 Å². The molecule has 10 heteroatoms. The predicted octanol–water partition coefficient (Wildman–Crippen LogP) is 5.14. The van der Waals surface area contributed by atoms with E-state index in [1.165, 1.54) is 24.1 Å². The maximum Gasteiger partial charge on any atom is 0.304 e. The molecular formula is C14H11Cl2F5N2O. The van der Waals surface area contributed by atoms with Crippen molar-refractivity contribution in [2.45, 2.75) is 12.8 Å². The number of halogens is 7. The van der Waals surface area contributed by atoms with Crippen molar-refractivity contribution in [2.24, 2.45) is 0 Å². The Kier molecular flexibility index (Phi) is 7.04. The van der Waals surface area contributed by atoms with E-state index in [2.05, 4.69) is 9.72 Å². The van der Waals surface area contributed by atoms with Gasteiger partial charge in [-0.25, -0.2) is 22.5 Å². The Bertz CT molecular complexity index is 688. The zero-order valence-corrected chi connectivity index (χ0v) is 13.6. The molecule has 0 fully saturated rings. The second kappa shape index (κ2) is 8.34. The van der Waals surface area contributed by atoms with E-state index in [1.807, 2.05) is 0 Å². The number of ether oxygens (including phenoxy) is 1. The number of pyridine rings is 1. The standard InChI is InChI=1S/C14H10ClF5N2O.ClH/c1-22(9-4-3-8(16)11(15)12(9)17)7-2-5-10(21-6-7)23-14(20)13(18)19;/h2-6,13-14H,1H3;1H. The number of hydrogen-bond donors (Lipinski definition) is 0. The molecule has 1 atom stereocenters. The molecule has 0 amide bonds. The lowest BCUT2D eigenvalue weighted by Gasteiger charge is -2.20. The molecule has 2 aromatic rings. The van der Waals surface area contributed by atoms with Crippen molar-refractivity contribution in [1.29, 1.82) is 0 Å². The van der Waals surface area contributed by atoms with Gasteiger partial charge < -0.3 is 9.64 Å². The number of benzene rings is 1. The van der Waals surface area contributed by atoms with Crippen LogP contribution in [0.5, 0.6) is 5.88 Å². The van der Waals surface area contributed by atoms with Crippen LogP contribution in [0.2, 0.25) is 5.02 Å². The fourth-order valence-corrected chi connectivity index (χ4v) is 1.88. The first kappa shape index (κ1) is 20.2. The molecule has 0 N–H and O–H groups in total. The van der Waals surface area contributed by atoms with E-state index in [0.29, 0.717) is 5.69 Å². The van der Waals surface area contributed by atoms with Gasteiger partial charge in [-0.2, -0.15) is 4.39 Å². The van der Waals surface area contributed by atoms with Crippen molar-refractivity contribution in [3.63, 3.8) is 0 Å². The average Bonchev–Trinajstić information content (AvgIpc) is 2.53. The van der Waals surface area contributed by atoms with Crippen molar-refractivity contribution in [3.05, 3.63) is 47.1 Å². The smallest absolute Gasteiger partial charge is 0.304 e. The first-order valence-corrected chi connectivity index (χ1v) is 6.61. The van der Waals surface area contributed by atoms with Gasteiger partial charge in [0, 0.05) is 13.1 Å². The fourth-order valence-electron chi connectivity index (χ4n) is 1.72. The van der Waals surface area contributed by atoms with E-state index < -0.39 is 29.4 Å². The molecule has 132 valence electrons. The van der Waals surface area contributed by atoms with Crippen LogP contribution in [0.3, 0.4) is 0 Å². The van der Waals surface area contributed by atoms with Crippen molar-refractivity contribution >= 4 is 35.4 Å². The van der Waals surface area contributed by atoms with Crippen LogP contribution in [0.15, 0.2) is 30.5 Å². The molecule has 0 saturated carbocycles. The minimum absolute atomic E-state index is 0. The Hall–Kier alpha value is -1.80. The van der Waals surface area contributed by atoms with Gasteiger partial charge in [-0.3, -0.25) is 0 Å². The van der Waals surface area contributed by atoms with Crippen LogP contribution in [0.1, 0.15) is 0 Å². The number of aromatic nitrogens is 1. The molecule has 1 aromatic heterocycles. The molecule has 3 nitrogen and oxygen atoms in total. The van der Waals surface area contributed by atoms with Crippen LogP contribution >= 0.6 is 24.0 Å². The van der Waals surface area contributed by atoms with E-state index in [4.69, 9.17) is 11.6 Å². The zero-order valence-electron chi connectivity index (χ0n) is 12.0. The van der Waals surface area contributed by atoms with Gasteiger partial charge in [0.25, 0.3) is 6.36 Å². The molecule has 24 heavy (non-hydrogen) atoms. The molecule has 0 aliphatic carbocycles. The van der Waals surface area contributed by atoms with Crippen LogP contribution in [0.25, 0.3) is 0 Å². The number of hydrogen-bond acceptors (Lipinski definition) is 3. The topological polar surface area (TPSA) is 25.4 Å². The molecule has 0 spiro atoms. The molecule has 1 heterocycles. The quantitative estimate of drug-likeness (QED) is 0.523. The summed E-state index contributed by atoms with van der Waals surface area (Å²) in [5.41, 5.74) is 0.300. The van der Waals surface area contributed by atoms with Crippen molar-refractivity contribution < 1.29 is 26.7 Å². The summed E-state index contributed by atoms with van der Waals surface area (Å²) >= 11 is 5.50. The number of nitrogens with zero attached hydrogens (tertiary/aromatic N) is 2. The van der Waals surface area contributed by atoms with Gasteiger partial charge in [-0.05, 0) is 18.2 Å². The van der Waals surface area contributed by atoms with Gasteiger partial charge in [0.05, 0.1) is 17.6 Å². The van der Waals surface area contributed by atoms with E-state index in [-0.39, 0.29) is 24.0 Å². The Morgan fingerprint density at radius 2 is 1.79 bits per heavy atom. The highest BCUT2D eigenvalue weighted by atomic mass is 35.5. The largest absolute Gasteiger partial charge is 0.437 e. The van der Waals surface area contributed by atoms with Crippen molar-refractivity contribution in [3.8, 4) is 5.88 Å². The van der Waals surface area contributed by atoms with Crippen molar-refractivity contribution in [1.82, 2.24) is 4.98 Å². The molecule has 0 aliphatic rings. The van der Waals surface area contributed by atoms with Gasteiger partial charge >= 0.3 is 6.43 Å². The highest BCUT2D eigenvalue weighted by molar-refractivity contribution is 6.31. The van der Waals surface area contributed by atoms with Gasteiger partial charge in [0.1, 0.15) is 10.8 Å². The molecule has 2 rings (SSSR count). The van der Waals surface area contributed by atoms with Gasteiger partial charge in [-0.15, -0.1) is 12.4 Å². The first-order valence-electron chi connectivity index (χ1n) is 6.23. The van der Waals surface area contributed by atoms with E-state index in [9.17, 15) is 22.0 Å². The summed E-state index contributed by atoms with van der Waals surface area (Å²) in [5.74, 6) is -2.22. The maximum atomic E-state index is 13.9. The molecule has 0 aliphatic heterocycles. The van der Waals surface area contributed by atoms with Gasteiger partial charge in [0.15, 0.2) is 5.82 Å². The summed E-state index contributed by atoms with van der Waals surface area (Å²) in [7, 11) is 1.46. The maximum absolute atomic E-state index is 13.9. The highest BCUT2D eigenvalue weighted by Gasteiger charge is 2.21. The number of anilines is 2. The molecule has 0 radical (unpaired) electrons. The Morgan fingerprint density at radius 3 is 2.33 bits per heavy atom. The number of alkyl halides is 3. The molecule has 1 unspecified atom stereocenters. The third kappa shape index (κ3) is 4.39. The molecular weight excluding hydrogens is 378 g/mol.